The molecule has 0 atom stereocenters. The molecule has 0 bridgehead atoms. The minimum Gasteiger partial charge on any atom is -0.324 e. The molecule has 0 spiro atoms. The van der Waals surface area contributed by atoms with Crippen LogP contribution in [0.3, 0.4) is 0 Å². The number of anilines is 1. The summed E-state index contributed by atoms with van der Waals surface area (Å²) in [7, 11) is 0. The second kappa shape index (κ2) is 8.61. The van der Waals surface area contributed by atoms with Crippen molar-refractivity contribution >= 4 is 34.4 Å². The lowest BCUT2D eigenvalue weighted by Gasteiger charge is -2.11. The average molecular weight is 452 g/mol. The Hall–Kier alpha value is -4.42. The number of carbonyl (C=O) groups is 1. The highest BCUT2D eigenvalue weighted by Crippen LogP contribution is 2.32. The zero-order valence-electron chi connectivity index (χ0n) is 17.6. The highest BCUT2D eigenvalue weighted by Gasteiger charge is 2.19. The van der Waals surface area contributed by atoms with E-state index in [2.05, 4.69) is 30.2 Å². The van der Waals surface area contributed by atoms with Crippen LogP contribution in [0.25, 0.3) is 33.5 Å². The van der Waals surface area contributed by atoms with Gasteiger partial charge in [-0.3, -0.25) is 14.5 Å². The summed E-state index contributed by atoms with van der Waals surface area (Å²) in [6, 6.07) is 20.5. The maximum atomic E-state index is 12.8. The van der Waals surface area contributed by atoms with E-state index in [4.69, 9.17) is 5.26 Å². The molecule has 3 heterocycles. The van der Waals surface area contributed by atoms with Gasteiger partial charge in [0.2, 0.25) is 5.91 Å². The highest BCUT2D eigenvalue weighted by atomic mass is 32.1. The molecule has 5 aromatic rings. The zero-order chi connectivity index (χ0) is 22.8. The fraction of sp³-hybridized carbons (Fsp3) is 0.0833. The predicted octanol–water partition coefficient (Wildman–Crippen LogP) is 4.44. The van der Waals surface area contributed by atoms with Gasteiger partial charge < -0.3 is 5.32 Å². The monoisotopic (exact) mass is 451 g/mol. The van der Waals surface area contributed by atoms with Gasteiger partial charge in [-0.05, 0) is 55.0 Å². The van der Waals surface area contributed by atoms with Gasteiger partial charge >= 0.3 is 0 Å². The molecule has 1 N–H and O–H groups in total. The van der Waals surface area contributed by atoms with Crippen LogP contribution in [0.2, 0.25) is 0 Å². The van der Waals surface area contributed by atoms with Gasteiger partial charge in [-0.25, -0.2) is 0 Å². The van der Waals surface area contributed by atoms with Crippen molar-refractivity contribution in [2.45, 2.75) is 13.5 Å². The number of nitriles is 1. The molecule has 0 aliphatic carbocycles. The lowest BCUT2D eigenvalue weighted by Crippen LogP contribution is -2.20. The molecule has 5 rings (SSSR count). The van der Waals surface area contributed by atoms with Gasteiger partial charge in [0, 0.05) is 16.9 Å². The van der Waals surface area contributed by atoms with E-state index in [0.29, 0.717) is 11.3 Å². The topological polar surface area (TPSA) is 109 Å². The minimum atomic E-state index is -0.257. The zero-order valence-corrected chi connectivity index (χ0v) is 18.4. The van der Waals surface area contributed by atoms with Crippen LogP contribution in [-0.4, -0.2) is 29.4 Å². The van der Waals surface area contributed by atoms with Crippen molar-refractivity contribution in [2.24, 2.45) is 0 Å². The molecule has 33 heavy (non-hydrogen) atoms. The van der Waals surface area contributed by atoms with Crippen LogP contribution in [0, 0.1) is 18.3 Å². The summed E-state index contributed by atoms with van der Waals surface area (Å²) in [4.78, 5) is 17.5. The van der Waals surface area contributed by atoms with E-state index in [0.717, 1.165) is 39.2 Å². The van der Waals surface area contributed by atoms with Crippen molar-refractivity contribution < 1.29 is 4.79 Å². The van der Waals surface area contributed by atoms with Crippen molar-refractivity contribution in [1.29, 1.82) is 5.26 Å². The Morgan fingerprint density at radius 1 is 1.09 bits per heavy atom. The first kappa shape index (κ1) is 20.5. The number of carbonyl (C=O) groups excluding carboxylic acids is 1. The summed E-state index contributed by atoms with van der Waals surface area (Å²) < 4.78 is 10.2. The maximum absolute atomic E-state index is 12.8. The molecule has 160 valence electrons. The van der Waals surface area contributed by atoms with Gasteiger partial charge in [-0.15, -0.1) is 0 Å². The molecule has 0 unspecified atom stereocenters. The van der Waals surface area contributed by atoms with Gasteiger partial charge in [-0.1, -0.05) is 18.2 Å². The van der Waals surface area contributed by atoms with Crippen LogP contribution in [0.15, 0.2) is 66.9 Å². The summed E-state index contributed by atoms with van der Waals surface area (Å²) in [6.45, 7) is 1.91. The van der Waals surface area contributed by atoms with E-state index in [9.17, 15) is 4.79 Å². The number of benzene rings is 2. The standard InChI is InChI=1S/C24H17N7OS/c1-15-4-2-7-21(27-15)24-19(17-8-9-20-22(11-17)30-33-29-20)13-26-31(24)14-23(32)28-18-6-3-5-16(10-18)12-25/h2-11,13H,14H2,1H3,(H,28,32). The number of amides is 1. The van der Waals surface area contributed by atoms with Crippen molar-refractivity contribution in [3.8, 4) is 28.6 Å². The number of hydrogen-bond donors (Lipinski definition) is 1. The molecule has 0 saturated heterocycles. The van der Waals surface area contributed by atoms with E-state index in [1.165, 1.54) is 11.7 Å². The van der Waals surface area contributed by atoms with E-state index in [-0.39, 0.29) is 12.5 Å². The number of rotatable bonds is 5. The molecule has 3 aromatic heterocycles. The molecular formula is C24H17N7OS. The number of nitrogens with zero attached hydrogens (tertiary/aromatic N) is 6. The third-order valence-corrected chi connectivity index (χ3v) is 5.66. The van der Waals surface area contributed by atoms with Crippen LogP contribution in [0.1, 0.15) is 11.3 Å². The summed E-state index contributed by atoms with van der Waals surface area (Å²) in [6.07, 6.45) is 1.74. The molecule has 0 aliphatic rings. The number of aromatic nitrogens is 5. The Morgan fingerprint density at radius 3 is 2.79 bits per heavy atom. The molecule has 0 saturated carbocycles. The van der Waals surface area contributed by atoms with Crippen LogP contribution in [-0.2, 0) is 11.3 Å². The lowest BCUT2D eigenvalue weighted by molar-refractivity contribution is -0.116. The van der Waals surface area contributed by atoms with Gasteiger partial charge in [0.15, 0.2) is 0 Å². The molecule has 0 radical (unpaired) electrons. The maximum Gasteiger partial charge on any atom is 0.246 e. The van der Waals surface area contributed by atoms with Crippen molar-refractivity contribution in [1.82, 2.24) is 23.5 Å². The quantitative estimate of drug-likeness (QED) is 0.423. The first-order valence-corrected chi connectivity index (χ1v) is 10.9. The molecule has 0 aliphatic heterocycles. The van der Waals surface area contributed by atoms with Gasteiger partial charge in [-0.2, -0.15) is 19.1 Å². The summed E-state index contributed by atoms with van der Waals surface area (Å²) in [5.41, 5.74) is 6.77. The minimum absolute atomic E-state index is 0.0117. The SMILES string of the molecule is Cc1cccc(-c2c(-c3ccc4nsnc4c3)cnn2CC(=O)Nc2cccc(C#N)c2)n1. The predicted molar refractivity (Wildman–Crippen MR) is 126 cm³/mol. The number of nitrogens with one attached hydrogen (secondary N) is 1. The average Bonchev–Trinajstić information content (AvgIpc) is 3.45. The Morgan fingerprint density at radius 2 is 1.94 bits per heavy atom. The van der Waals surface area contributed by atoms with E-state index in [1.54, 1.807) is 35.1 Å². The molecule has 9 heteroatoms. The number of fused-ring (bicyclic) bond motifs is 1. The molecule has 2 aromatic carbocycles. The van der Waals surface area contributed by atoms with Gasteiger partial charge in [0.25, 0.3) is 0 Å². The number of hydrogen-bond acceptors (Lipinski definition) is 7. The van der Waals surface area contributed by atoms with Crippen molar-refractivity contribution in [3.05, 3.63) is 78.1 Å². The smallest absolute Gasteiger partial charge is 0.246 e. The molecule has 0 fully saturated rings. The second-order valence-corrected chi connectivity index (χ2v) is 7.97. The second-order valence-electron chi connectivity index (χ2n) is 7.44. The highest BCUT2D eigenvalue weighted by molar-refractivity contribution is 7.00. The largest absolute Gasteiger partial charge is 0.324 e. The Kier molecular flexibility index (Phi) is 5.34. The van der Waals surface area contributed by atoms with Crippen LogP contribution in [0.4, 0.5) is 5.69 Å². The first-order chi connectivity index (χ1) is 16.1. The van der Waals surface area contributed by atoms with E-state index < -0.39 is 0 Å². The molecular weight excluding hydrogens is 434 g/mol. The summed E-state index contributed by atoms with van der Waals surface area (Å²) in [5.74, 6) is -0.257. The normalized spacial score (nSPS) is 10.8. The summed E-state index contributed by atoms with van der Waals surface area (Å²) >= 11 is 1.17. The fourth-order valence-electron chi connectivity index (χ4n) is 3.61. The van der Waals surface area contributed by atoms with Crippen LogP contribution in [0.5, 0.6) is 0 Å². The molecule has 8 nitrogen and oxygen atoms in total. The van der Waals surface area contributed by atoms with Crippen LogP contribution >= 0.6 is 11.7 Å². The third-order valence-electron chi connectivity index (χ3n) is 5.10. The van der Waals surface area contributed by atoms with Crippen LogP contribution < -0.4 is 5.32 Å². The number of pyridine rings is 1. The van der Waals surface area contributed by atoms with Crippen molar-refractivity contribution in [2.75, 3.05) is 5.32 Å². The Labute approximate surface area is 193 Å². The van der Waals surface area contributed by atoms with Gasteiger partial charge in [0.1, 0.15) is 17.6 Å². The molecule has 1 amide bonds. The first-order valence-electron chi connectivity index (χ1n) is 10.1. The Bertz CT molecular complexity index is 1530. The van der Waals surface area contributed by atoms with E-state index in [1.807, 2.05) is 43.3 Å². The van der Waals surface area contributed by atoms with Crippen molar-refractivity contribution in [3.63, 3.8) is 0 Å². The number of aryl methyl sites for hydroxylation is 1. The summed E-state index contributed by atoms with van der Waals surface area (Å²) in [5, 5.41) is 16.4. The van der Waals surface area contributed by atoms with E-state index >= 15 is 0 Å². The lowest BCUT2D eigenvalue weighted by atomic mass is 10.0. The van der Waals surface area contributed by atoms with Gasteiger partial charge in [0.05, 0.1) is 40.9 Å². The fourth-order valence-corrected chi connectivity index (χ4v) is 4.13. The third kappa shape index (κ3) is 4.20. The Balaban J connectivity index is 1.53.